The van der Waals surface area contributed by atoms with Gasteiger partial charge in [-0.2, -0.15) is 5.26 Å². The highest BCUT2D eigenvalue weighted by Gasteiger charge is 2.22. The van der Waals surface area contributed by atoms with Crippen LogP contribution in [0.1, 0.15) is 30.0 Å². The number of nitrogens with one attached hydrogen (secondary N) is 1. The van der Waals surface area contributed by atoms with E-state index in [0.717, 1.165) is 18.0 Å². The van der Waals surface area contributed by atoms with Gasteiger partial charge in [-0.3, -0.25) is 5.32 Å². The fourth-order valence-corrected chi connectivity index (χ4v) is 1.60. The molecule has 1 N–H and O–H groups in total. The lowest BCUT2D eigenvalue weighted by Crippen LogP contribution is -2.22. The van der Waals surface area contributed by atoms with Gasteiger partial charge in [-0.25, -0.2) is 0 Å². The van der Waals surface area contributed by atoms with Crippen molar-refractivity contribution in [1.82, 2.24) is 5.32 Å². The summed E-state index contributed by atoms with van der Waals surface area (Å²) in [6.07, 6.45) is 2.64. The Morgan fingerprint density at radius 3 is 2.60 bits per heavy atom. The van der Waals surface area contributed by atoms with Crippen molar-refractivity contribution in [3.05, 3.63) is 35.4 Å². The fourth-order valence-electron chi connectivity index (χ4n) is 1.60. The van der Waals surface area contributed by atoms with Crippen molar-refractivity contribution in [2.75, 3.05) is 6.54 Å². The quantitative estimate of drug-likeness (QED) is 0.810. The van der Waals surface area contributed by atoms with Gasteiger partial charge >= 0.3 is 0 Å². The molecule has 0 heterocycles. The number of rotatable bonds is 4. The molecule has 0 radical (unpaired) electrons. The molecule has 1 aliphatic carbocycles. The molecule has 0 bridgehead atoms. The molecule has 78 valence electrons. The fraction of sp³-hybridized carbons (Fsp3) is 0.462. The molecule has 15 heavy (non-hydrogen) atoms. The predicted octanol–water partition coefficient (Wildman–Crippen LogP) is 2.56. The smallest absolute Gasteiger partial charge is 0.121 e. The Labute approximate surface area is 90.9 Å². The monoisotopic (exact) mass is 200 g/mol. The summed E-state index contributed by atoms with van der Waals surface area (Å²) in [5, 5.41) is 12.4. The van der Waals surface area contributed by atoms with Gasteiger partial charge in [0.1, 0.15) is 6.04 Å². The maximum absolute atomic E-state index is 9.07. The first-order valence-electron chi connectivity index (χ1n) is 5.49. The molecule has 0 aromatic heterocycles. The summed E-state index contributed by atoms with van der Waals surface area (Å²) in [6.45, 7) is 3.04. The maximum Gasteiger partial charge on any atom is 0.121 e. The minimum atomic E-state index is -0.147. The lowest BCUT2D eigenvalue weighted by molar-refractivity contribution is 0.593. The first-order valence-corrected chi connectivity index (χ1v) is 5.49. The first kappa shape index (κ1) is 10.2. The van der Waals surface area contributed by atoms with Crippen molar-refractivity contribution >= 4 is 0 Å². The van der Waals surface area contributed by atoms with Gasteiger partial charge in [0.25, 0.3) is 0 Å². The summed E-state index contributed by atoms with van der Waals surface area (Å²) >= 11 is 0. The van der Waals surface area contributed by atoms with Gasteiger partial charge in [-0.15, -0.1) is 0 Å². The average molecular weight is 200 g/mol. The van der Waals surface area contributed by atoms with E-state index in [9.17, 15) is 0 Å². The molecular formula is C13H16N2. The molecule has 1 aromatic carbocycles. The number of aryl methyl sites for hydroxylation is 1. The van der Waals surface area contributed by atoms with Crippen LogP contribution in [0.3, 0.4) is 0 Å². The zero-order valence-electron chi connectivity index (χ0n) is 9.03. The maximum atomic E-state index is 9.07. The van der Waals surface area contributed by atoms with Gasteiger partial charge in [0, 0.05) is 0 Å². The lowest BCUT2D eigenvalue weighted by Gasteiger charge is -2.11. The molecule has 1 atom stereocenters. The Balaban J connectivity index is 1.98. The summed E-state index contributed by atoms with van der Waals surface area (Å²) in [5.41, 5.74) is 2.31. The van der Waals surface area contributed by atoms with Gasteiger partial charge in [-0.1, -0.05) is 29.8 Å². The van der Waals surface area contributed by atoms with E-state index in [1.54, 1.807) is 0 Å². The molecule has 2 nitrogen and oxygen atoms in total. The van der Waals surface area contributed by atoms with E-state index >= 15 is 0 Å². The summed E-state index contributed by atoms with van der Waals surface area (Å²) in [6, 6.07) is 10.3. The van der Waals surface area contributed by atoms with E-state index in [1.165, 1.54) is 18.4 Å². The van der Waals surface area contributed by atoms with Crippen LogP contribution in [0.4, 0.5) is 0 Å². The van der Waals surface area contributed by atoms with Crippen LogP contribution < -0.4 is 5.32 Å². The van der Waals surface area contributed by atoms with Crippen molar-refractivity contribution < 1.29 is 0 Å². The van der Waals surface area contributed by atoms with Gasteiger partial charge in [0.15, 0.2) is 0 Å². The molecule has 1 aromatic rings. The van der Waals surface area contributed by atoms with E-state index in [1.807, 2.05) is 12.1 Å². The second-order valence-electron chi connectivity index (χ2n) is 4.32. The second kappa shape index (κ2) is 4.46. The summed E-state index contributed by atoms with van der Waals surface area (Å²) in [5.74, 6) is 0.811. The molecule has 0 amide bonds. The van der Waals surface area contributed by atoms with Gasteiger partial charge in [0.2, 0.25) is 0 Å². The van der Waals surface area contributed by atoms with E-state index < -0.39 is 0 Å². The third-order valence-electron chi connectivity index (χ3n) is 2.85. The predicted molar refractivity (Wildman–Crippen MR) is 60.3 cm³/mol. The second-order valence-corrected chi connectivity index (χ2v) is 4.32. The summed E-state index contributed by atoms with van der Waals surface area (Å²) < 4.78 is 0. The van der Waals surface area contributed by atoms with Crippen LogP contribution in [0.2, 0.25) is 0 Å². The molecule has 1 saturated carbocycles. The highest BCUT2D eigenvalue weighted by Crippen LogP contribution is 2.28. The van der Waals surface area contributed by atoms with Crippen LogP contribution in [0.15, 0.2) is 24.3 Å². The molecule has 2 rings (SSSR count). The summed E-state index contributed by atoms with van der Waals surface area (Å²) in [7, 11) is 0. The molecule has 0 spiro atoms. The van der Waals surface area contributed by atoms with Crippen molar-refractivity contribution in [2.45, 2.75) is 25.8 Å². The topological polar surface area (TPSA) is 35.8 Å². The standard InChI is InChI=1S/C13H16N2/c1-10-2-6-12(7-3-10)13(8-14)15-9-11-4-5-11/h2-3,6-7,11,13,15H,4-5,9H2,1H3. The molecule has 0 aliphatic heterocycles. The van der Waals surface area contributed by atoms with Crippen molar-refractivity contribution in [1.29, 1.82) is 5.26 Å². The number of benzene rings is 1. The number of hydrogen-bond acceptors (Lipinski definition) is 2. The number of hydrogen-bond donors (Lipinski definition) is 1. The molecular weight excluding hydrogens is 184 g/mol. The van der Waals surface area contributed by atoms with E-state index in [-0.39, 0.29) is 6.04 Å². The van der Waals surface area contributed by atoms with Crippen LogP contribution in [-0.4, -0.2) is 6.54 Å². The Hall–Kier alpha value is -1.33. The molecule has 1 aliphatic rings. The zero-order chi connectivity index (χ0) is 10.7. The Kier molecular flexibility index (Phi) is 3.03. The third kappa shape index (κ3) is 2.81. The van der Waals surface area contributed by atoms with E-state index in [0.29, 0.717) is 0 Å². The Morgan fingerprint density at radius 2 is 2.07 bits per heavy atom. The molecule has 1 fully saturated rings. The molecule has 0 saturated heterocycles. The van der Waals surface area contributed by atoms with Crippen LogP contribution in [-0.2, 0) is 0 Å². The molecule has 2 heteroatoms. The first-order chi connectivity index (χ1) is 7.29. The average Bonchev–Trinajstić information content (AvgIpc) is 3.05. The Morgan fingerprint density at radius 1 is 1.40 bits per heavy atom. The van der Waals surface area contributed by atoms with Crippen LogP contribution >= 0.6 is 0 Å². The molecule has 1 unspecified atom stereocenters. The van der Waals surface area contributed by atoms with Crippen molar-refractivity contribution in [3.8, 4) is 6.07 Å². The highest BCUT2D eigenvalue weighted by atomic mass is 14.9. The highest BCUT2D eigenvalue weighted by molar-refractivity contribution is 5.27. The third-order valence-corrected chi connectivity index (χ3v) is 2.85. The van der Waals surface area contributed by atoms with Crippen LogP contribution in [0.5, 0.6) is 0 Å². The normalized spacial score (nSPS) is 17.1. The minimum absolute atomic E-state index is 0.147. The number of nitrogens with zero attached hydrogens (tertiary/aromatic N) is 1. The largest absolute Gasteiger partial charge is 0.298 e. The van der Waals surface area contributed by atoms with Gasteiger partial charge in [-0.05, 0) is 37.8 Å². The van der Waals surface area contributed by atoms with Gasteiger partial charge < -0.3 is 0 Å². The number of nitriles is 1. The van der Waals surface area contributed by atoms with Gasteiger partial charge in [0.05, 0.1) is 6.07 Å². The lowest BCUT2D eigenvalue weighted by atomic mass is 10.1. The van der Waals surface area contributed by atoms with Crippen LogP contribution in [0, 0.1) is 24.2 Å². The van der Waals surface area contributed by atoms with Crippen molar-refractivity contribution in [2.24, 2.45) is 5.92 Å². The van der Waals surface area contributed by atoms with Crippen molar-refractivity contribution in [3.63, 3.8) is 0 Å². The zero-order valence-corrected chi connectivity index (χ0v) is 9.03. The minimum Gasteiger partial charge on any atom is -0.298 e. The van der Waals surface area contributed by atoms with E-state index in [2.05, 4.69) is 30.4 Å². The van der Waals surface area contributed by atoms with E-state index in [4.69, 9.17) is 5.26 Å². The van der Waals surface area contributed by atoms with Crippen LogP contribution in [0.25, 0.3) is 0 Å². The SMILES string of the molecule is Cc1ccc(C(C#N)NCC2CC2)cc1. The summed E-state index contributed by atoms with van der Waals surface area (Å²) in [4.78, 5) is 0. The Bertz CT molecular complexity index is 357.